The molecule has 0 aromatic carbocycles. The summed E-state index contributed by atoms with van der Waals surface area (Å²) < 4.78 is 48.3. The summed E-state index contributed by atoms with van der Waals surface area (Å²) in [5.74, 6) is 0.231. The summed E-state index contributed by atoms with van der Waals surface area (Å²) in [5.41, 5.74) is 0. The third-order valence-electron chi connectivity index (χ3n) is 3.64. The summed E-state index contributed by atoms with van der Waals surface area (Å²) in [6.07, 6.45) is 2.81. The molecule has 0 atom stereocenters. The number of sulfone groups is 1. The first-order valence-corrected chi connectivity index (χ1v) is 9.95. The second kappa shape index (κ2) is 6.07. The van der Waals surface area contributed by atoms with Crippen molar-refractivity contribution >= 4 is 19.9 Å². The molecule has 0 saturated carbocycles. The second-order valence-electron chi connectivity index (χ2n) is 5.83. The van der Waals surface area contributed by atoms with Crippen LogP contribution in [-0.2, 0) is 19.9 Å². The van der Waals surface area contributed by atoms with Crippen molar-refractivity contribution in [2.75, 3.05) is 31.6 Å². The molecule has 19 heavy (non-hydrogen) atoms. The predicted molar refractivity (Wildman–Crippen MR) is 76.3 cm³/mol. The fourth-order valence-corrected chi connectivity index (χ4v) is 3.91. The summed E-state index contributed by atoms with van der Waals surface area (Å²) in [7, 11) is -6.71. The zero-order chi connectivity index (χ0) is 14.7. The van der Waals surface area contributed by atoms with E-state index in [-0.39, 0.29) is 18.2 Å². The Hall–Kier alpha value is -0.180. The Bertz CT molecular complexity index is 491. The highest BCUT2D eigenvalue weighted by atomic mass is 32.2. The SMILES string of the molecule is CC(C)(CNS(=O)(=O)CC1CCNCC1)S(C)(=O)=O. The van der Waals surface area contributed by atoms with E-state index < -0.39 is 24.6 Å². The first kappa shape index (κ1) is 16.9. The fourth-order valence-electron chi connectivity index (χ4n) is 1.83. The Balaban J connectivity index is 2.55. The maximum absolute atomic E-state index is 11.9. The smallest absolute Gasteiger partial charge is 0.211 e. The van der Waals surface area contributed by atoms with Crippen molar-refractivity contribution in [2.24, 2.45) is 5.92 Å². The van der Waals surface area contributed by atoms with Gasteiger partial charge >= 0.3 is 0 Å². The number of hydrogen-bond donors (Lipinski definition) is 2. The average Bonchev–Trinajstić information content (AvgIpc) is 2.26. The molecule has 114 valence electrons. The van der Waals surface area contributed by atoms with Crippen LogP contribution in [0.2, 0.25) is 0 Å². The highest BCUT2D eigenvalue weighted by Crippen LogP contribution is 2.16. The third-order valence-corrected chi connectivity index (χ3v) is 7.28. The summed E-state index contributed by atoms with van der Waals surface area (Å²) in [4.78, 5) is 0. The van der Waals surface area contributed by atoms with Gasteiger partial charge in [0.2, 0.25) is 10.0 Å². The van der Waals surface area contributed by atoms with Crippen LogP contribution < -0.4 is 10.0 Å². The minimum absolute atomic E-state index is 0.0779. The zero-order valence-corrected chi connectivity index (χ0v) is 13.4. The molecule has 1 aliphatic heterocycles. The van der Waals surface area contributed by atoms with E-state index >= 15 is 0 Å². The van der Waals surface area contributed by atoms with Gasteiger partial charge in [-0.05, 0) is 45.7 Å². The molecule has 0 aliphatic carbocycles. The van der Waals surface area contributed by atoms with Crippen LogP contribution in [0.15, 0.2) is 0 Å². The Kier molecular flexibility index (Phi) is 5.39. The average molecular weight is 312 g/mol. The molecule has 0 unspecified atom stereocenters. The molecule has 0 bridgehead atoms. The van der Waals surface area contributed by atoms with Crippen molar-refractivity contribution in [1.29, 1.82) is 0 Å². The maximum atomic E-state index is 11.9. The van der Waals surface area contributed by atoms with Crippen LogP contribution in [0.3, 0.4) is 0 Å². The molecule has 6 nitrogen and oxygen atoms in total. The molecule has 8 heteroatoms. The minimum atomic E-state index is -3.42. The van der Waals surface area contributed by atoms with E-state index in [2.05, 4.69) is 10.0 Å². The second-order valence-corrected chi connectivity index (χ2v) is 10.3. The van der Waals surface area contributed by atoms with E-state index in [9.17, 15) is 16.8 Å². The lowest BCUT2D eigenvalue weighted by molar-refractivity contribution is 0.400. The van der Waals surface area contributed by atoms with Crippen LogP contribution in [0.25, 0.3) is 0 Å². The third kappa shape index (κ3) is 5.37. The van der Waals surface area contributed by atoms with Gasteiger partial charge < -0.3 is 5.32 Å². The Morgan fingerprint density at radius 1 is 1.16 bits per heavy atom. The number of nitrogens with one attached hydrogen (secondary N) is 2. The van der Waals surface area contributed by atoms with Gasteiger partial charge in [0.25, 0.3) is 0 Å². The van der Waals surface area contributed by atoms with Gasteiger partial charge in [-0.25, -0.2) is 21.6 Å². The molecule has 1 heterocycles. The summed E-state index contributed by atoms with van der Waals surface area (Å²) in [6, 6.07) is 0. The van der Waals surface area contributed by atoms with Crippen molar-refractivity contribution in [3.05, 3.63) is 0 Å². The summed E-state index contributed by atoms with van der Waals surface area (Å²) >= 11 is 0. The van der Waals surface area contributed by atoms with E-state index in [4.69, 9.17) is 0 Å². The first-order valence-electron chi connectivity index (χ1n) is 6.41. The lowest BCUT2D eigenvalue weighted by Crippen LogP contribution is -2.45. The van der Waals surface area contributed by atoms with E-state index in [1.165, 1.54) is 13.8 Å². The molecule has 2 N–H and O–H groups in total. The monoisotopic (exact) mass is 312 g/mol. The molecule has 1 saturated heterocycles. The number of sulfonamides is 1. The van der Waals surface area contributed by atoms with Crippen LogP contribution >= 0.6 is 0 Å². The standard InChI is InChI=1S/C11H24N2O4S2/c1-11(2,18(3,14)15)9-13-19(16,17)8-10-4-6-12-7-5-10/h10,12-13H,4-9H2,1-3H3. The van der Waals surface area contributed by atoms with E-state index in [0.717, 1.165) is 32.2 Å². The Labute approximate surface area is 116 Å². The molecule has 1 fully saturated rings. The summed E-state index contributed by atoms with van der Waals surface area (Å²) in [6.45, 7) is 4.65. The van der Waals surface area contributed by atoms with E-state index in [1.54, 1.807) is 0 Å². The normalized spacial score (nSPS) is 19.5. The van der Waals surface area contributed by atoms with Gasteiger partial charge in [-0.2, -0.15) is 0 Å². The maximum Gasteiger partial charge on any atom is 0.211 e. The quantitative estimate of drug-likeness (QED) is 0.704. The topological polar surface area (TPSA) is 92.3 Å². The van der Waals surface area contributed by atoms with Crippen LogP contribution in [0.5, 0.6) is 0 Å². The number of piperidine rings is 1. The number of rotatable bonds is 6. The van der Waals surface area contributed by atoms with Gasteiger partial charge in [-0.1, -0.05) is 0 Å². The molecule has 1 aliphatic rings. The zero-order valence-electron chi connectivity index (χ0n) is 11.8. The van der Waals surface area contributed by atoms with E-state index in [0.29, 0.717) is 0 Å². The molecule has 0 radical (unpaired) electrons. The minimum Gasteiger partial charge on any atom is -0.317 e. The molecule has 0 spiro atoms. The molecule has 0 aromatic heterocycles. The molecular weight excluding hydrogens is 288 g/mol. The highest BCUT2D eigenvalue weighted by Gasteiger charge is 2.32. The number of hydrogen-bond acceptors (Lipinski definition) is 5. The highest BCUT2D eigenvalue weighted by molar-refractivity contribution is 7.92. The van der Waals surface area contributed by atoms with Gasteiger partial charge in [-0.15, -0.1) is 0 Å². The van der Waals surface area contributed by atoms with Crippen molar-refractivity contribution < 1.29 is 16.8 Å². The molecule has 0 amide bonds. The lowest BCUT2D eigenvalue weighted by Gasteiger charge is -2.25. The van der Waals surface area contributed by atoms with Crippen LogP contribution in [0.4, 0.5) is 0 Å². The van der Waals surface area contributed by atoms with Crippen molar-refractivity contribution in [2.45, 2.75) is 31.4 Å². The Morgan fingerprint density at radius 3 is 2.16 bits per heavy atom. The van der Waals surface area contributed by atoms with Gasteiger partial charge in [-0.3, -0.25) is 0 Å². The Morgan fingerprint density at radius 2 is 1.68 bits per heavy atom. The van der Waals surface area contributed by atoms with Gasteiger partial charge in [0.05, 0.1) is 10.5 Å². The fraction of sp³-hybridized carbons (Fsp3) is 1.00. The first-order chi connectivity index (χ1) is 8.54. The molecule has 0 aromatic rings. The van der Waals surface area contributed by atoms with Crippen LogP contribution in [0.1, 0.15) is 26.7 Å². The molecular formula is C11H24N2O4S2. The molecule has 1 rings (SSSR count). The van der Waals surface area contributed by atoms with Gasteiger partial charge in [0, 0.05) is 12.8 Å². The van der Waals surface area contributed by atoms with Crippen LogP contribution in [-0.4, -0.2) is 53.2 Å². The van der Waals surface area contributed by atoms with Crippen LogP contribution in [0, 0.1) is 5.92 Å². The van der Waals surface area contributed by atoms with Gasteiger partial charge in [0.15, 0.2) is 9.84 Å². The van der Waals surface area contributed by atoms with E-state index in [1.807, 2.05) is 0 Å². The summed E-state index contributed by atoms with van der Waals surface area (Å²) in [5, 5.41) is 3.18. The van der Waals surface area contributed by atoms with Crippen molar-refractivity contribution in [3.63, 3.8) is 0 Å². The lowest BCUT2D eigenvalue weighted by atomic mass is 10.0. The largest absolute Gasteiger partial charge is 0.317 e. The van der Waals surface area contributed by atoms with Crippen molar-refractivity contribution in [3.8, 4) is 0 Å². The van der Waals surface area contributed by atoms with Crippen molar-refractivity contribution in [1.82, 2.24) is 10.0 Å². The predicted octanol–water partition coefficient (Wildman–Crippen LogP) is -0.271. The van der Waals surface area contributed by atoms with Gasteiger partial charge in [0.1, 0.15) is 0 Å².